The smallest absolute Gasteiger partial charge is 0.275 e. The number of aliphatic imine (C=N–C) groups is 1. The second-order valence-electron chi connectivity index (χ2n) is 2.24. The van der Waals surface area contributed by atoms with Gasteiger partial charge in [0.25, 0.3) is 5.91 Å². The highest BCUT2D eigenvalue weighted by Gasteiger charge is 2.30. The fourth-order valence-corrected chi connectivity index (χ4v) is 1.03. The van der Waals surface area contributed by atoms with Gasteiger partial charge in [-0.25, -0.2) is 4.99 Å². The molecule has 0 aromatic rings. The van der Waals surface area contributed by atoms with Gasteiger partial charge in [0.05, 0.1) is 5.70 Å². The van der Waals surface area contributed by atoms with E-state index in [1.54, 1.807) is 6.20 Å². The molecule has 2 heterocycles. The van der Waals surface area contributed by atoms with Crippen molar-refractivity contribution in [1.82, 2.24) is 10.6 Å². The highest BCUT2D eigenvalue weighted by Crippen LogP contribution is 2.11. The molecule has 0 radical (unpaired) electrons. The largest absolute Gasteiger partial charge is 0.343 e. The molecule has 2 rings (SSSR count). The van der Waals surface area contributed by atoms with Crippen LogP contribution in [0.1, 0.15) is 0 Å². The van der Waals surface area contributed by atoms with Gasteiger partial charge in [-0.2, -0.15) is 0 Å². The van der Waals surface area contributed by atoms with Gasteiger partial charge in [-0.05, 0) is 0 Å². The van der Waals surface area contributed by atoms with Crippen LogP contribution < -0.4 is 10.6 Å². The lowest BCUT2D eigenvalue weighted by molar-refractivity contribution is -0.113. The van der Waals surface area contributed by atoms with Crippen LogP contribution >= 0.6 is 0 Å². The van der Waals surface area contributed by atoms with E-state index in [0.29, 0.717) is 11.4 Å². The first-order chi connectivity index (χ1) is 5.31. The molecule has 0 aromatic heterocycles. The molecular formula is C6H7N3O2. The summed E-state index contributed by atoms with van der Waals surface area (Å²) in [5.74, 6) is -0.174. The molecule has 2 aliphatic heterocycles. The molecule has 11 heavy (non-hydrogen) atoms. The molecule has 5 nitrogen and oxygen atoms in total. The summed E-state index contributed by atoms with van der Waals surface area (Å²) in [5, 5.41) is 5.40. The fourth-order valence-electron chi connectivity index (χ4n) is 1.03. The van der Waals surface area contributed by atoms with Crippen LogP contribution in [0.3, 0.4) is 0 Å². The zero-order valence-corrected chi connectivity index (χ0v) is 5.92. The Labute approximate surface area is 63.1 Å². The molecular weight excluding hydrogens is 146 g/mol. The molecule has 58 valence electrons. The van der Waals surface area contributed by atoms with E-state index < -0.39 is 6.35 Å². The topological polar surface area (TPSA) is 62.7 Å². The van der Waals surface area contributed by atoms with Crippen LogP contribution in [0.2, 0.25) is 0 Å². The second kappa shape index (κ2) is 2.06. The van der Waals surface area contributed by atoms with Crippen LogP contribution in [0, 0.1) is 0 Å². The number of carbonyl (C=O) groups excluding carboxylic acids is 1. The molecule has 1 amide bonds. The van der Waals surface area contributed by atoms with Crippen LogP contribution in [0.25, 0.3) is 0 Å². The Morgan fingerprint density at radius 1 is 1.73 bits per heavy atom. The van der Waals surface area contributed by atoms with Gasteiger partial charge in [0.1, 0.15) is 0 Å². The average Bonchev–Trinajstić information content (AvgIpc) is 2.53. The number of amides is 1. The minimum Gasteiger partial charge on any atom is -0.343 e. The number of hydrogen-bond donors (Lipinski definition) is 2. The summed E-state index contributed by atoms with van der Waals surface area (Å²) in [6, 6.07) is 0. The first kappa shape index (κ1) is 6.36. The Morgan fingerprint density at radius 2 is 2.55 bits per heavy atom. The van der Waals surface area contributed by atoms with E-state index in [0.717, 1.165) is 0 Å². The van der Waals surface area contributed by atoms with Crippen molar-refractivity contribution in [3.8, 4) is 0 Å². The van der Waals surface area contributed by atoms with Crippen molar-refractivity contribution in [3.05, 3.63) is 11.9 Å². The van der Waals surface area contributed by atoms with E-state index in [2.05, 4.69) is 15.6 Å². The highest BCUT2D eigenvalue weighted by atomic mass is 16.5. The molecule has 1 unspecified atom stereocenters. The van der Waals surface area contributed by atoms with Gasteiger partial charge in [0.2, 0.25) is 6.35 Å². The quantitative estimate of drug-likeness (QED) is 0.504. The number of nitrogens with zero attached hydrogens (tertiary/aromatic N) is 1. The van der Waals surface area contributed by atoms with Crippen LogP contribution in [0.4, 0.5) is 0 Å². The lowest BCUT2D eigenvalue weighted by atomic mass is 10.3. The molecule has 1 atom stereocenters. The molecule has 0 fully saturated rings. The Kier molecular flexibility index (Phi) is 1.19. The van der Waals surface area contributed by atoms with Crippen molar-refractivity contribution >= 4 is 11.6 Å². The van der Waals surface area contributed by atoms with Gasteiger partial charge < -0.3 is 15.4 Å². The fraction of sp³-hybridized carbons (Fsp3) is 0.333. The molecule has 2 aliphatic rings. The Bertz CT molecular complexity index is 269. The third kappa shape index (κ3) is 0.813. The van der Waals surface area contributed by atoms with Crippen molar-refractivity contribution < 1.29 is 9.53 Å². The minimum absolute atomic E-state index is 0.174. The average molecular weight is 153 g/mol. The molecule has 0 aliphatic carbocycles. The third-order valence-electron chi connectivity index (χ3n) is 1.57. The van der Waals surface area contributed by atoms with Crippen LogP contribution in [-0.2, 0) is 9.53 Å². The molecule has 0 saturated heterocycles. The maximum absolute atomic E-state index is 10.9. The van der Waals surface area contributed by atoms with Crippen molar-refractivity contribution in [2.75, 3.05) is 7.11 Å². The highest BCUT2D eigenvalue weighted by molar-refractivity contribution is 6.47. The number of nitrogens with one attached hydrogen (secondary N) is 2. The van der Waals surface area contributed by atoms with Crippen molar-refractivity contribution in [2.24, 2.45) is 4.99 Å². The third-order valence-corrected chi connectivity index (χ3v) is 1.57. The number of carbonyl (C=O) groups is 1. The number of fused-ring (bicyclic) bond motifs is 1. The summed E-state index contributed by atoms with van der Waals surface area (Å²) in [6.45, 7) is 0. The van der Waals surface area contributed by atoms with E-state index in [1.165, 1.54) is 7.11 Å². The number of methoxy groups -OCH3 is 1. The summed E-state index contributed by atoms with van der Waals surface area (Å²) in [5.41, 5.74) is 1.14. The van der Waals surface area contributed by atoms with Crippen LogP contribution in [0.5, 0.6) is 0 Å². The van der Waals surface area contributed by atoms with Crippen molar-refractivity contribution in [3.63, 3.8) is 0 Å². The van der Waals surface area contributed by atoms with Crippen LogP contribution in [-0.4, -0.2) is 25.1 Å². The molecule has 0 saturated carbocycles. The summed E-state index contributed by atoms with van der Waals surface area (Å²) in [6.07, 6.45) is 1.18. The molecule has 0 aromatic carbocycles. The molecule has 0 bridgehead atoms. The van der Waals surface area contributed by atoms with Gasteiger partial charge in [0, 0.05) is 13.3 Å². The van der Waals surface area contributed by atoms with E-state index >= 15 is 0 Å². The van der Waals surface area contributed by atoms with Crippen LogP contribution in [0.15, 0.2) is 16.9 Å². The second-order valence-corrected chi connectivity index (χ2v) is 2.24. The van der Waals surface area contributed by atoms with E-state index in [-0.39, 0.29) is 5.91 Å². The van der Waals surface area contributed by atoms with Gasteiger partial charge >= 0.3 is 0 Å². The van der Waals surface area contributed by atoms with E-state index in [4.69, 9.17) is 4.74 Å². The van der Waals surface area contributed by atoms with E-state index in [9.17, 15) is 4.79 Å². The maximum atomic E-state index is 10.9. The predicted octanol–water partition coefficient (Wildman–Crippen LogP) is -1.07. The monoisotopic (exact) mass is 153 g/mol. The Morgan fingerprint density at radius 3 is 3.18 bits per heavy atom. The summed E-state index contributed by atoms with van der Waals surface area (Å²) in [7, 11) is 1.53. The lowest BCUT2D eigenvalue weighted by Gasteiger charge is -2.04. The number of hydrogen-bond acceptors (Lipinski definition) is 4. The summed E-state index contributed by atoms with van der Waals surface area (Å²) in [4.78, 5) is 14.9. The summed E-state index contributed by atoms with van der Waals surface area (Å²) < 4.78 is 4.88. The number of ether oxygens (including phenoxy) is 1. The predicted molar refractivity (Wildman–Crippen MR) is 37.6 cm³/mol. The zero-order valence-electron chi connectivity index (χ0n) is 5.92. The standard InChI is InChI=1S/C6H7N3O2/c1-11-6-8-3-2-7-5(10)4(3)9-6/h2,6,8H,1H3,(H,7,10). The van der Waals surface area contributed by atoms with Gasteiger partial charge in [-0.3, -0.25) is 4.79 Å². The lowest BCUT2D eigenvalue weighted by Crippen LogP contribution is -2.22. The minimum atomic E-state index is -0.401. The maximum Gasteiger partial charge on any atom is 0.275 e. The summed E-state index contributed by atoms with van der Waals surface area (Å²) >= 11 is 0. The molecule has 5 heteroatoms. The first-order valence-electron chi connectivity index (χ1n) is 3.20. The first-order valence-corrected chi connectivity index (χ1v) is 3.20. The van der Waals surface area contributed by atoms with E-state index in [1.807, 2.05) is 0 Å². The SMILES string of the molecule is COC1N=C2C(=O)NC=C2N1. The normalized spacial score (nSPS) is 27.0. The van der Waals surface area contributed by atoms with Crippen molar-refractivity contribution in [2.45, 2.75) is 6.35 Å². The molecule has 0 spiro atoms. The Balaban J connectivity index is 2.27. The van der Waals surface area contributed by atoms with Gasteiger partial charge in [-0.15, -0.1) is 0 Å². The van der Waals surface area contributed by atoms with Gasteiger partial charge in [-0.1, -0.05) is 0 Å². The molecule has 2 N–H and O–H groups in total. The van der Waals surface area contributed by atoms with Crippen molar-refractivity contribution in [1.29, 1.82) is 0 Å². The zero-order chi connectivity index (χ0) is 7.84. The number of rotatable bonds is 1. The van der Waals surface area contributed by atoms with Gasteiger partial charge in [0.15, 0.2) is 5.71 Å². The Hall–Kier alpha value is -1.36.